The normalized spacial score (nSPS) is 12.1. The number of nitrogens with one attached hydrogen (secondary N) is 2. The fourth-order valence-electron chi connectivity index (χ4n) is 4.16. The number of fused-ring (bicyclic) bond motifs is 2. The number of rotatable bonds is 7. The number of carbonyl (C=O) groups excluding carboxylic acids is 1. The molecule has 3 aromatic carbocycles. The molecule has 5 rings (SSSR count). The van der Waals surface area contributed by atoms with Crippen LogP contribution >= 0.6 is 0 Å². The van der Waals surface area contributed by atoms with Crippen molar-refractivity contribution in [2.45, 2.75) is 18.9 Å². The van der Waals surface area contributed by atoms with Crippen LogP contribution in [0.4, 0.5) is 0 Å². The van der Waals surface area contributed by atoms with Crippen molar-refractivity contribution < 1.29 is 4.79 Å². The lowest BCUT2D eigenvalue weighted by Crippen LogP contribution is -2.31. The molecule has 0 bridgehead atoms. The van der Waals surface area contributed by atoms with Crippen molar-refractivity contribution >= 4 is 27.7 Å². The minimum atomic E-state index is -0.241. The van der Waals surface area contributed by atoms with Crippen molar-refractivity contribution in [1.82, 2.24) is 25.3 Å². The fourth-order valence-corrected chi connectivity index (χ4v) is 4.16. The Labute approximate surface area is 190 Å². The van der Waals surface area contributed by atoms with Crippen LogP contribution in [0, 0.1) is 0 Å². The van der Waals surface area contributed by atoms with Crippen LogP contribution in [0.15, 0.2) is 89.9 Å². The predicted molar refractivity (Wildman–Crippen MR) is 128 cm³/mol. The fraction of sp³-hybridized carbons (Fsp3) is 0.154. The molecule has 2 N–H and O–H groups in total. The molecule has 0 aliphatic rings. The molecule has 33 heavy (non-hydrogen) atoms. The van der Waals surface area contributed by atoms with Gasteiger partial charge in [0.2, 0.25) is 5.91 Å². The maximum Gasteiger partial charge on any atom is 0.277 e. The molecule has 0 aliphatic heterocycles. The van der Waals surface area contributed by atoms with Crippen molar-refractivity contribution in [1.29, 1.82) is 0 Å². The van der Waals surface area contributed by atoms with E-state index in [9.17, 15) is 9.59 Å². The minimum absolute atomic E-state index is 0.00511. The van der Waals surface area contributed by atoms with E-state index in [2.05, 4.69) is 38.8 Å². The Bertz CT molecular complexity index is 1470. The van der Waals surface area contributed by atoms with Crippen LogP contribution < -0.4 is 10.9 Å². The number of nitrogens with zero attached hydrogens (tertiary/aromatic N) is 3. The highest BCUT2D eigenvalue weighted by Crippen LogP contribution is 2.30. The van der Waals surface area contributed by atoms with E-state index in [0.717, 1.165) is 22.0 Å². The van der Waals surface area contributed by atoms with E-state index in [0.29, 0.717) is 17.4 Å². The van der Waals surface area contributed by atoms with Crippen LogP contribution in [0.25, 0.3) is 21.8 Å². The van der Waals surface area contributed by atoms with E-state index in [1.807, 2.05) is 48.7 Å². The Kier molecular flexibility index (Phi) is 5.68. The Hall–Kier alpha value is -4.26. The summed E-state index contributed by atoms with van der Waals surface area (Å²) in [6.07, 6.45) is 2.15. The first-order valence-corrected chi connectivity index (χ1v) is 10.9. The van der Waals surface area contributed by atoms with E-state index in [-0.39, 0.29) is 30.3 Å². The van der Waals surface area contributed by atoms with Gasteiger partial charge in [-0.25, -0.2) is 4.68 Å². The SMILES string of the molecule is O=C(CCn1nnc2ccccc2c1=O)NCC(c1ccccc1)c1c[nH]c2ccccc12. The lowest BCUT2D eigenvalue weighted by atomic mass is 9.91. The standard InChI is InChI=1S/C26H23N5O2/c32-25(14-15-31-26(33)20-11-5-7-13-24(20)29-30-31)28-16-21(18-8-2-1-3-9-18)22-17-27-23-12-6-4-10-19(22)23/h1-13,17,21,27H,14-16H2,(H,28,32). The highest BCUT2D eigenvalue weighted by atomic mass is 16.2. The third-order valence-electron chi connectivity index (χ3n) is 5.88. The van der Waals surface area contributed by atoms with Crippen molar-refractivity contribution in [3.8, 4) is 0 Å². The van der Waals surface area contributed by atoms with Gasteiger partial charge in [-0.1, -0.05) is 65.9 Å². The van der Waals surface area contributed by atoms with Crippen molar-refractivity contribution in [3.05, 3.63) is 107 Å². The molecule has 1 unspecified atom stereocenters. The largest absolute Gasteiger partial charge is 0.361 e. The van der Waals surface area contributed by atoms with Crippen LogP contribution in [0.1, 0.15) is 23.5 Å². The van der Waals surface area contributed by atoms with Gasteiger partial charge in [0.1, 0.15) is 5.52 Å². The minimum Gasteiger partial charge on any atom is -0.361 e. The zero-order chi connectivity index (χ0) is 22.6. The van der Waals surface area contributed by atoms with E-state index in [1.165, 1.54) is 4.68 Å². The maximum absolute atomic E-state index is 12.7. The van der Waals surface area contributed by atoms with Crippen molar-refractivity contribution in [2.24, 2.45) is 0 Å². The van der Waals surface area contributed by atoms with Gasteiger partial charge in [0, 0.05) is 36.0 Å². The Morgan fingerprint density at radius 3 is 2.52 bits per heavy atom. The summed E-state index contributed by atoms with van der Waals surface area (Å²) < 4.78 is 1.25. The summed E-state index contributed by atoms with van der Waals surface area (Å²) in [5.74, 6) is -0.146. The number of para-hydroxylation sites is 1. The summed E-state index contributed by atoms with van der Waals surface area (Å²) in [6, 6.07) is 25.3. The molecule has 2 heterocycles. The van der Waals surface area contributed by atoms with Gasteiger partial charge in [0.05, 0.1) is 11.9 Å². The van der Waals surface area contributed by atoms with Gasteiger partial charge in [0.25, 0.3) is 5.56 Å². The average Bonchev–Trinajstić information content (AvgIpc) is 3.29. The summed E-state index contributed by atoms with van der Waals surface area (Å²) in [6.45, 7) is 0.620. The second-order valence-corrected chi connectivity index (χ2v) is 7.94. The van der Waals surface area contributed by atoms with Crippen LogP contribution in [0.3, 0.4) is 0 Å². The second kappa shape index (κ2) is 9.08. The molecule has 7 nitrogen and oxygen atoms in total. The lowest BCUT2D eigenvalue weighted by molar-refractivity contribution is -0.121. The van der Waals surface area contributed by atoms with Gasteiger partial charge in [-0.3, -0.25) is 9.59 Å². The Balaban J connectivity index is 1.31. The van der Waals surface area contributed by atoms with E-state index in [4.69, 9.17) is 0 Å². The molecule has 1 amide bonds. The summed E-state index contributed by atoms with van der Waals surface area (Å²) in [7, 11) is 0. The molecule has 164 valence electrons. The third-order valence-corrected chi connectivity index (χ3v) is 5.88. The number of carbonyl (C=O) groups is 1. The van der Waals surface area contributed by atoms with E-state index in [1.54, 1.807) is 18.2 Å². The molecule has 0 spiro atoms. The molecule has 2 aromatic heterocycles. The molecule has 7 heteroatoms. The van der Waals surface area contributed by atoms with E-state index < -0.39 is 0 Å². The molecular formula is C26H23N5O2. The number of H-pyrrole nitrogens is 1. The highest BCUT2D eigenvalue weighted by Gasteiger charge is 2.19. The average molecular weight is 438 g/mol. The van der Waals surface area contributed by atoms with Crippen LogP contribution in [0.2, 0.25) is 0 Å². The predicted octanol–water partition coefficient (Wildman–Crippen LogP) is 3.61. The summed E-state index contributed by atoms with van der Waals surface area (Å²) in [5, 5.41) is 12.7. The van der Waals surface area contributed by atoms with Gasteiger partial charge in [0.15, 0.2) is 0 Å². The molecule has 0 saturated carbocycles. The van der Waals surface area contributed by atoms with E-state index >= 15 is 0 Å². The van der Waals surface area contributed by atoms with Crippen LogP contribution in [-0.4, -0.2) is 32.4 Å². The lowest BCUT2D eigenvalue weighted by Gasteiger charge is -2.18. The van der Waals surface area contributed by atoms with Gasteiger partial charge >= 0.3 is 0 Å². The van der Waals surface area contributed by atoms with Gasteiger partial charge < -0.3 is 10.3 Å². The first kappa shape index (κ1) is 20.6. The first-order chi connectivity index (χ1) is 16.2. The number of amides is 1. The van der Waals surface area contributed by atoms with Gasteiger partial charge in [-0.05, 0) is 29.3 Å². The monoisotopic (exact) mass is 437 g/mol. The first-order valence-electron chi connectivity index (χ1n) is 10.9. The summed E-state index contributed by atoms with van der Waals surface area (Å²) >= 11 is 0. The number of aromatic amines is 1. The number of hydrogen-bond donors (Lipinski definition) is 2. The van der Waals surface area contributed by atoms with Crippen LogP contribution in [-0.2, 0) is 11.3 Å². The molecule has 0 saturated heterocycles. The zero-order valence-electron chi connectivity index (χ0n) is 17.9. The molecule has 0 aliphatic carbocycles. The number of aryl methyl sites for hydroxylation is 1. The molecule has 0 radical (unpaired) electrons. The van der Waals surface area contributed by atoms with Gasteiger partial charge in [-0.15, -0.1) is 5.10 Å². The Morgan fingerprint density at radius 1 is 0.939 bits per heavy atom. The molecular weight excluding hydrogens is 414 g/mol. The molecule has 5 aromatic rings. The van der Waals surface area contributed by atoms with Gasteiger partial charge in [-0.2, -0.15) is 0 Å². The number of hydrogen-bond acceptors (Lipinski definition) is 4. The Morgan fingerprint density at radius 2 is 1.67 bits per heavy atom. The van der Waals surface area contributed by atoms with Crippen molar-refractivity contribution in [2.75, 3.05) is 6.54 Å². The number of aromatic nitrogens is 4. The zero-order valence-corrected chi connectivity index (χ0v) is 17.9. The third kappa shape index (κ3) is 4.25. The summed E-state index contributed by atoms with van der Waals surface area (Å²) in [5.41, 5.74) is 3.63. The highest BCUT2D eigenvalue weighted by molar-refractivity contribution is 5.84. The van der Waals surface area contributed by atoms with Crippen molar-refractivity contribution in [3.63, 3.8) is 0 Å². The maximum atomic E-state index is 12.7. The second-order valence-electron chi connectivity index (χ2n) is 7.94. The molecule has 1 atom stereocenters. The topological polar surface area (TPSA) is 92.7 Å². The smallest absolute Gasteiger partial charge is 0.277 e. The molecule has 0 fully saturated rings. The summed E-state index contributed by atoms with van der Waals surface area (Å²) in [4.78, 5) is 28.6. The quantitative estimate of drug-likeness (QED) is 0.407. The van der Waals surface area contributed by atoms with Crippen LogP contribution in [0.5, 0.6) is 0 Å². The number of benzene rings is 3.